The van der Waals surface area contributed by atoms with E-state index in [2.05, 4.69) is 0 Å². The molecule has 0 aliphatic rings. The third-order valence-corrected chi connectivity index (χ3v) is 2.62. The van der Waals surface area contributed by atoms with Gasteiger partial charge in [-0.25, -0.2) is 0 Å². The van der Waals surface area contributed by atoms with E-state index in [0.717, 1.165) is 0 Å². The molecule has 0 saturated heterocycles. The maximum Gasteiger partial charge on any atom is 0.323 e. The van der Waals surface area contributed by atoms with Crippen LogP contribution in [0, 0.1) is 10.1 Å². The monoisotopic (exact) mass is 272 g/mol. The molecule has 0 bridgehead atoms. The minimum Gasteiger partial charge on any atom is -0.496 e. The van der Waals surface area contributed by atoms with Crippen molar-refractivity contribution in [1.82, 2.24) is 0 Å². The molecule has 0 amide bonds. The van der Waals surface area contributed by atoms with E-state index in [9.17, 15) is 10.1 Å². The smallest absolute Gasteiger partial charge is 0.323 e. The fourth-order valence-corrected chi connectivity index (χ4v) is 1.77. The van der Waals surface area contributed by atoms with E-state index in [1.54, 1.807) is 0 Å². The van der Waals surface area contributed by atoms with Gasteiger partial charge >= 0.3 is 5.69 Å². The summed E-state index contributed by atoms with van der Waals surface area (Å²) >= 11 is 0. The highest BCUT2D eigenvalue weighted by atomic mass is 16.6. The van der Waals surface area contributed by atoms with Gasteiger partial charge in [-0.1, -0.05) is 0 Å². The lowest BCUT2D eigenvalue weighted by Crippen LogP contribution is -2.18. The lowest BCUT2D eigenvalue weighted by molar-refractivity contribution is -0.386. The highest BCUT2D eigenvalue weighted by Gasteiger charge is 2.32. The van der Waals surface area contributed by atoms with Gasteiger partial charge in [0.2, 0.25) is 5.75 Å². The summed E-state index contributed by atoms with van der Waals surface area (Å²) < 4.78 is 15.1. The van der Waals surface area contributed by atoms with Crippen LogP contribution in [-0.2, 0) is 0 Å². The van der Waals surface area contributed by atoms with E-state index < -0.39 is 17.6 Å². The van der Waals surface area contributed by atoms with Crippen molar-refractivity contribution in [2.24, 2.45) is 5.73 Å². The molecule has 8 heteroatoms. The SMILES string of the molecule is COc1cc(OC)c([C@H](N)CO)c([N+](=O)[O-])c1OC. The first-order chi connectivity index (χ1) is 9.01. The predicted octanol–water partition coefficient (Wildman–Crippen LogP) is 0.613. The summed E-state index contributed by atoms with van der Waals surface area (Å²) in [5, 5.41) is 20.4. The first kappa shape index (κ1) is 15.0. The number of nitrogens with zero attached hydrogens (tertiary/aromatic N) is 1. The number of aliphatic hydroxyl groups is 1. The second kappa shape index (κ2) is 6.21. The molecule has 1 aromatic rings. The average molecular weight is 272 g/mol. The van der Waals surface area contributed by atoms with E-state index in [0.29, 0.717) is 0 Å². The molecule has 0 spiro atoms. The van der Waals surface area contributed by atoms with E-state index in [4.69, 9.17) is 25.1 Å². The first-order valence-electron chi connectivity index (χ1n) is 5.35. The van der Waals surface area contributed by atoms with Gasteiger partial charge < -0.3 is 25.1 Å². The number of nitro groups is 1. The Morgan fingerprint density at radius 1 is 1.32 bits per heavy atom. The van der Waals surface area contributed by atoms with Crippen molar-refractivity contribution in [2.75, 3.05) is 27.9 Å². The molecule has 0 aliphatic carbocycles. The fourth-order valence-electron chi connectivity index (χ4n) is 1.77. The minimum absolute atomic E-state index is 0.0626. The van der Waals surface area contributed by atoms with Crippen LogP contribution in [0.2, 0.25) is 0 Å². The van der Waals surface area contributed by atoms with E-state index in [-0.39, 0.29) is 28.5 Å². The number of hydrogen-bond acceptors (Lipinski definition) is 7. The van der Waals surface area contributed by atoms with Crippen LogP contribution in [0.25, 0.3) is 0 Å². The average Bonchev–Trinajstić information content (AvgIpc) is 2.43. The number of ether oxygens (including phenoxy) is 3. The summed E-state index contributed by atoms with van der Waals surface area (Å²) in [5.41, 5.74) is 5.38. The van der Waals surface area contributed by atoms with Crippen molar-refractivity contribution in [2.45, 2.75) is 6.04 Å². The Morgan fingerprint density at radius 2 is 1.89 bits per heavy atom. The summed E-state index contributed by atoms with van der Waals surface area (Å²) in [6, 6.07) is 0.464. The van der Waals surface area contributed by atoms with E-state index in [1.807, 2.05) is 0 Å². The molecule has 0 saturated carbocycles. The number of methoxy groups -OCH3 is 3. The zero-order chi connectivity index (χ0) is 14.6. The Kier molecular flexibility index (Phi) is 4.90. The number of benzene rings is 1. The highest BCUT2D eigenvalue weighted by molar-refractivity contribution is 5.66. The normalized spacial score (nSPS) is 11.8. The number of aliphatic hydroxyl groups excluding tert-OH is 1. The summed E-state index contributed by atoms with van der Waals surface area (Å²) in [6.45, 7) is -0.466. The van der Waals surface area contributed by atoms with Crippen LogP contribution < -0.4 is 19.9 Å². The van der Waals surface area contributed by atoms with Crippen LogP contribution in [0.4, 0.5) is 5.69 Å². The van der Waals surface area contributed by atoms with Crippen molar-refractivity contribution < 1.29 is 24.2 Å². The van der Waals surface area contributed by atoms with Crippen LogP contribution in [0.15, 0.2) is 6.07 Å². The summed E-state index contributed by atoms with van der Waals surface area (Å²) in [7, 11) is 3.98. The lowest BCUT2D eigenvalue weighted by atomic mass is 10.0. The summed E-state index contributed by atoms with van der Waals surface area (Å²) in [6.07, 6.45) is 0. The Hall–Kier alpha value is -2.06. The molecule has 19 heavy (non-hydrogen) atoms. The molecule has 106 valence electrons. The molecular formula is C11H16N2O6. The van der Waals surface area contributed by atoms with Crippen molar-refractivity contribution >= 4 is 5.69 Å². The first-order valence-corrected chi connectivity index (χ1v) is 5.35. The van der Waals surface area contributed by atoms with E-state index in [1.165, 1.54) is 27.4 Å². The topological polar surface area (TPSA) is 117 Å². The third kappa shape index (κ3) is 2.69. The predicted molar refractivity (Wildman–Crippen MR) is 66.8 cm³/mol. The molecule has 0 aliphatic heterocycles. The maximum atomic E-state index is 11.2. The zero-order valence-electron chi connectivity index (χ0n) is 10.9. The van der Waals surface area contributed by atoms with Crippen molar-refractivity contribution in [3.8, 4) is 17.2 Å². The van der Waals surface area contributed by atoms with Gasteiger partial charge in [0.05, 0.1) is 44.5 Å². The van der Waals surface area contributed by atoms with Crippen LogP contribution >= 0.6 is 0 Å². The zero-order valence-corrected chi connectivity index (χ0v) is 10.9. The minimum atomic E-state index is -0.963. The molecule has 3 N–H and O–H groups in total. The van der Waals surface area contributed by atoms with Gasteiger partial charge in [-0.05, 0) is 0 Å². The largest absolute Gasteiger partial charge is 0.496 e. The van der Waals surface area contributed by atoms with Crippen molar-refractivity contribution in [3.05, 3.63) is 21.7 Å². The van der Waals surface area contributed by atoms with E-state index >= 15 is 0 Å². The fraction of sp³-hybridized carbons (Fsp3) is 0.455. The quantitative estimate of drug-likeness (QED) is 0.575. The highest BCUT2D eigenvalue weighted by Crippen LogP contribution is 2.46. The molecule has 1 aromatic carbocycles. The molecule has 0 heterocycles. The molecule has 0 radical (unpaired) electrons. The Balaban J connectivity index is 3.70. The van der Waals surface area contributed by atoms with Crippen LogP contribution in [0.1, 0.15) is 11.6 Å². The van der Waals surface area contributed by atoms with Gasteiger partial charge in [0.25, 0.3) is 0 Å². The van der Waals surface area contributed by atoms with Gasteiger partial charge in [-0.2, -0.15) is 0 Å². The Bertz CT molecular complexity index is 477. The molecule has 0 unspecified atom stereocenters. The van der Waals surface area contributed by atoms with Gasteiger partial charge in [-0.15, -0.1) is 0 Å². The molecule has 8 nitrogen and oxygen atoms in total. The molecular weight excluding hydrogens is 256 g/mol. The number of rotatable bonds is 6. The summed E-state index contributed by atoms with van der Waals surface area (Å²) in [5.74, 6) is 0.248. The van der Waals surface area contributed by atoms with Crippen molar-refractivity contribution in [3.63, 3.8) is 0 Å². The van der Waals surface area contributed by atoms with Crippen LogP contribution in [0.5, 0.6) is 17.2 Å². The van der Waals surface area contributed by atoms with Crippen LogP contribution in [0.3, 0.4) is 0 Å². The molecule has 0 aromatic heterocycles. The van der Waals surface area contributed by atoms with Gasteiger partial charge in [0, 0.05) is 6.07 Å². The third-order valence-electron chi connectivity index (χ3n) is 2.62. The van der Waals surface area contributed by atoms with Crippen molar-refractivity contribution in [1.29, 1.82) is 0 Å². The number of nitrogens with two attached hydrogens (primary N) is 1. The van der Waals surface area contributed by atoms with Crippen LogP contribution in [-0.4, -0.2) is 38.0 Å². The lowest BCUT2D eigenvalue weighted by Gasteiger charge is -2.17. The van der Waals surface area contributed by atoms with Gasteiger partial charge in [0.15, 0.2) is 5.75 Å². The summed E-state index contributed by atoms with van der Waals surface area (Å²) in [4.78, 5) is 10.6. The van der Waals surface area contributed by atoms with Gasteiger partial charge in [-0.3, -0.25) is 10.1 Å². The molecule has 0 fully saturated rings. The molecule has 1 atom stereocenters. The second-order valence-electron chi connectivity index (χ2n) is 3.62. The standard InChI is InChI=1S/C11H16N2O6/c1-17-7-4-8(18-2)11(19-3)10(13(15)16)9(7)6(12)5-14/h4,6,14H,5,12H2,1-3H3/t6-/m1/s1. The Morgan fingerprint density at radius 3 is 2.26 bits per heavy atom. The van der Waals surface area contributed by atoms with Gasteiger partial charge in [0.1, 0.15) is 5.75 Å². The maximum absolute atomic E-state index is 11.2. The second-order valence-corrected chi connectivity index (χ2v) is 3.62. The Labute approximate surface area is 109 Å². The number of hydrogen-bond donors (Lipinski definition) is 2. The number of nitro benzene ring substituents is 1. The molecule has 1 rings (SSSR count).